The van der Waals surface area contributed by atoms with Gasteiger partial charge in [-0.25, -0.2) is 4.98 Å². The van der Waals surface area contributed by atoms with Crippen molar-refractivity contribution in [1.82, 2.24) is 4.98 Å². The van der Waals surface area contributed by atoms with Crippen LogP contribution in [0.2, 0.25) is 0 Å². The minimum atomic E-state index is -0.522. The molecular formula is C13H12N2O3. The first-order valence-corrected chi connectivity index (χ1v) is 5.34. The number of nitrogens with two attached hydrogens (primary N) is 1. The van der Waals surface area contributed by atoms with Crippen molar-refractivity contribution in [2.24, 2.45) is 5.73 Å². The van der Waals surface area contributed by atoms with Gasteiger partial charge in [-0.15, -0.1) is 0 Å². The van der Waals surface area contributed by atoms with E-state index in [-0.39, 0.29) is 6.61 Å². The molecule has 0 aliphatic rings. The van der Waals surface area contributed by atoms with Gasteiger partial charge in [-0.3, -0.25) is 4.79 Å². The Hall–Kier alpha value is -2.56. The lowest BCUT2D eigenvalue weighted by atomic mass is 10.3. The normalized spacial score (nSPS) is 9.78. The molecule has 0 aliphatic carbocycles. The Morgan fingerprint density at radius 3 is 2.72 bits per heavy atom. The first-order valence-electron chi connectivity index (χ1n) is 5.34. The third-order valence-electron chi connectivity index (χ3n) is 2.05. The van der Waals surface area contributed by atoms with Crippen molar-refractivity contribution in [3.8, 4) is 17.4 Å². The topological polar surface area (TPSA) is 74.4 Å². The molecule has 0 bridgehead atoms. The van der Waals surface area contributed by atoms with Crippen LogP contribution in [0.5, 0.6) is 17.4 Å². The number of pyridine rings is 1. The lowest BCUT2D eigenvalue weighted by Crippen LogP contribution is -2.19. The Labute approximate surface area is 104 Å². The molecule has 5 heteroatoms. The molecule has 0 spiro atoms. The predicted octanol–water partition coefficient (Wildman–Crippen LogP) is 1.74. The van der Waals surface area contributed by atoms with E-state index in [0.717, 1.165) is 0 Å². The van der Waals surface area contributed by atoms with E-state index < -0.39 is 5.91 Å². The summed E-state index contributed by atoms with van der Waals surface area (Å²) in [7, 11) is 0. The number of hydrogen-bond acceptors (Lipinski definition) is 4. The molecule has 1 amide bonds. The summed E-state index contributed by atoms with van der Waals surface area (Å²) < 4.78 is 10.7. The van der Waals surface area contributed by atoms with E-state index in [0.29, 0.717) is 17.4 Å². The average Bonchev–Trinajstić information content (AvgIpc) is 2.38. The van der Waals surface area contributed by atoms with Crippen LogP contribution in [0.1, 0.15) is 0 Å². The highest BCUT2D eigenvalue weighted by molar-refractivity contribution is 5.75. The number of nitrogens with zero attached hydrogens (tertiary/aromatic N) is 1. The first-order chi connectivity index (χ1) is 8.74. The largest absolute Gasteiger partial charge is 0.484 e. The summed E-state index contributed by atoms with van der Waals surface area (Å²) in [5.74, 6) is 1.06. The van der Waals surface area contributed by atoms with E-state index in [1.165, 1.54) is 0 Å². The predicted molar refractivity (Wildman–Crippen MR) is 65.4 cm³/mol. The van der Waals surface area contributed by atoms with Crippen molar-refractivity contribution in [1.29, 1.82) is 0 Å². The van der Waals surface area contributed by atoms with Gasteiger partial charge in [-0.2, -0.15) is 0 Å². The van der Waals surface area contributed by atoms with Crippen LogP contribution in [-0.2, 0) is 4.79 Å². The van der Waals surface area contributed by atoms with Gasteiger partial charge in [0.25, 0.3) is 5.91 Å². The molecule has 92 valence electrons. The van der Waals surface area contributed by atoms with Gasteiger partial charge in [-0.05, 0) is 18.2 Å². The fourth-order valence-corrected chi connectivity index (χ4v) is 1.31. The molecule has 5 nitrogen and oxygen atoms in total. The summed E-state index contributed by atoms with van der Waals surface area (Å²) >= 11 is 0. The summed E-state index contributed by atoms with van der Waals surface area (Å²) in [6.45, 7) is -0.160. The van der Waals surface area contributed by atoms with Crippen molar-refractivity contribution in [2.45, 2.75) is 0 Å². The Bertz CT molecular complexity index is 529. The van der Waals surface area contributed by atoms with Crippen LogP contribution in [0.25, 0.3) is 0 Å². The monoisotopic (exact) mass is 244 g/mol. The molecule has 18 heavy (non-hydrogen) atoms. The van der Waals surface area contributed by atoms with Gasteiger partial charge >= 0.3 is 0 Å². The molecule has 1 aromatic carbocycles. The number of benzene rings is 1. The first kappa shape index (κ1) is 11.9. The van der Waals surface area contributed by atoms with Crippen molar-refractivity contribution in [2.75, 3.05) is 6.61 Å². The SMILES string of the molecule is NC(=O)COc1cccc(Oc2ccccn2)c1. The molecule has 2 N–H and O–H groups in total. The summed E-state index contributed by atoms with van der Waals surface area (Å²) in [5.41, 5.74) is 5.00. The second-order valence-electron chi connectivity index (χ2n) is 3.50. The van der Waals surface area contributed by atoms with Gasteiger partial charge in [0.1, 0.15) is 11.5 Å². The van der Waals surface area contributed by atoms with Gasteiger partial charge in [0.05, 0.1) is 0 Å². The van der Waals surface area contributed by atoms with Crippen LogP contribution < -0.4 is 15.2 Å². The maximum atomic E-state index is 10.6. The third kappa shape index (κ3) is 3.48. The Balaban J connectivity index is 2.05. The quantitative estimate of drug-likeness (QED) is 0.869. The molecule has 2 aromatic rings. The minimum absolute atomic E-state index is 0.160. The summed E-state index contributed by atoms with van der Waals surface area (Å²) in [6.07, 6.45) is 1.64. The standard InChI is InChI=1S/C13H12N2O3/c14-12(16)9-17-10-4-3-5-11(8-10)18-13-6-1-2-7-15-13/h1-8H,9H2,(H2,14,16). The average molecular weight is 244 g/mol. The molecule has 0 atom stereocenters. The summed E-state index contributed by atoms with van der Waals surface area (Å²) in [6, 6.07) is 12.3. The second-order valence-corrected chi connectivity index (χ2v) is 3.50. The molecule has 2 rings (SSSR count). The maximum absolute atomic E-state index is 10.6. The van der Waals surface area contributed by atoms with E-state index in [4.69, 9.17) is 15.2 Å². The smallest absolute Gasteiger partial charge is 0.255 e. The molecular weight excluding hydrogens is 232 g/mol. The highest BCUT2D eigenvalue weighted by Gasteiger charge is 2.01. The fourth-order valence-electron chi connectivity index (χ4n) is 1.31. The van der Waals surface area contributed by atoms with Gasteiger partial charge in [-0.1, -0.05) is 12.1 Å². The molecule has 0 unspecified atom stereocenters. The van der Waals surface area contributed by atoms with Crippen LogP contribution in [0.4, 0.5) is 0 Å². The van der Waals surface area contributed by atoms with E-state index in [1.54, 1.807) is 42.6 Å². The van der Waals surface area contributed by atoms with Crippen LogP contribution in [0, 0.1) is 0 Å². The Morgan fingerprint density at radius 2 is 2.00 bits per heavy atom. The lowest BCUT2D eigenvalue weighted by molar-refractivity contribution is -0.119. The zero-order valence-corrected chi connectivity index (χ0v) is 9.58. The molecule has 0 aliphatic heterocycles. The third-order valence-corrected chi connectivity index (χ3v) is 2.05. The van der Waals surface area contributed by atoms with E-state index in [9.17, 15) is 4.79 Å². The van der Waals surface area contributed by atoms with Crippen LogP contribution in [0.15, 0.2) is 48.7 Å². The molecule has 0 fully saturated rings. The van der Waals surface area contributed by atoms with Gasteiger partial charge in [0.15, 0.2) is 6.61 Å². The van der Waals surface area contributed by atoms with Crippen LogP contribution in [-0.4, -0.2) is 17.5 Å². The zero-order chi connectivity index (χ0) is 12.8. The summed E-state index contributed by atoms with van der Waals surface area (Å²) in [5, 5.41) is 0. The van der Waals surface area contributed by atoms with E-state index in [2.05, 4.69) is 4.98 Å². The van der Waals surface area contributed by atoms with E-state index >= 15 is 0 Å². The Kier molecular flexibility index (Phi) is 3.76. The second kappa shape index (κ2) is 5.67. The highest BCUT2D eigenvalue weighted by Crippen LogP contribution is 2.23. The van der Waals surface area contributed by atoms with Crippen LogP contribution in [0.3, 0.4) is 0 Å². The van der Waals surface area contributed by atoms with Crippen molar-refractivity contribution >= 4 is 5.91 Å². The molecule has 1 heterocycles. The summed E-state index contributed by atoms with van der Waals surface area (Å²) in [4.78, 5) is 14.6. The van der Waals surface area contributed by atoms with Gasteiger partial charge in [0.2, 0.25) is 5.88 Å². The maximum Gasteiger partial charge on any atom is 0.255 e. The molecule has 0 saturated carbocycles. The number of rotatable bonds is 5. The van der Waals surface area contributed by atoms with Gasteiger partial charge in [0, 0.05) is 18.3 Å². The minimum Gasteiger partial charge on any atom is -0.484 e. The molecule has 1 aromatic heterocycles. The zero-order valence-electron chi connectivity index (χ0n) is 9.58. The Morgan fingerprint density at radius 1 is 1.17 bits per heavy atom. The van der Waals surface area contributed by atoms with Crippen LogP contribution >= 0.6 is 0 Å². The number of amides is 1. The van der Waals surface area contributed by atoms with Gasteiger partial charge < -0.3 is 15.2 Å². The number of primary amides is 1. The lowest BCUT2D eigenvalue weighted by Gasteiger charge is -2.07. The number of ether oxygens (including phenoxy) is 2. The molecule has 0 radical (unpaired) electrons. The van der Waals surface area contributed by atoms with Crippen molar-refractivity contribution in [3.05, 3.63) is 48.7 Å². The van der Waals surface area contributed by atoms with Crippen molar-refractivity contribution < 1.29 is 14.3 Å². The fraction of sp³-hybridized carbons (Fsp3) is 0.0769. The number of hydrogen-bond donors (Lipinski definition) is 1. The number of carbonyl (C=O) groups excluding carboxylic acids is 1. The number of aromatic nitrogens is 1. The van der Waals surface area contributed by atoms with E-state index in [1.807, 2.05) is 6.07 Å². The molecule has 0 saturated heterocycles. The number of carbonyl (C=O) groups is 1. The highest BCUT2D eigenvalue weighted by atomic mass is 16.5. The van der Waals surface area contributed by atoms with Crippen molar-refractivity contribution in [3.63, 3.8) is 0 Å².